The van der Waals surface area contributed by atoms with Crippen molar-refractivity contribution in [2.45, 2.75) is 17.9 Å². The lowest BCUT2D eigenvalue weighted by Crippen LogP contribution is -2.38. The van der Waals surface area contributed by atoms with Crippen LogP contribution in [0.5, 0.6) is 0 Å². The van der Waals surface area contributed by atoms with E-state index < -0.39 is 15.8 Å². The number of halogens is 2. The second-order valence-electron chi connectivity index (χ2n) is 4.24. The van der Waals surface area contributed by atoms with E-state index in [-0.39, 0.29) is 15.4 Å². The number of rotatable bonds is 5. The number of nitrogens with zero attached hydrogens (tertiary/aromatic N) is 1. The van der Waals surface area contributed by atoms with E-state index in [1.807, 2.05) is 25.9 Å². The van der Waals surface area contributed by atoms with Crippen LogP contribution in [0.4, 0.5) is 4.39 Å². The largest absolute Gasteiger partial charge is 0.305 e. The molecule has 1 unspecified atom stereocenters. The first-order chi connectivity index (χ1) is 8.24. The van der Waals surface area contributed by atoms with E-state index >= 15 is 0 Å². The van der Waals surface area contributed by atoms with Gasteiger partial charge in [0, 0.05) is 17.1 Å². The molecule has 7 heteroatoms. The molecule has 0 saturated heterocycles. The highest BCUT2D eigenvalue weighted by Crippen LogP contribution is 2.22. The maximum atomic E-state index is 12.9. The van der Waals surface area contributed by atoms with Gasteiger partial charge in [-0.15, -0.1) is 0 Å². The number of likely N-dealkylation sites (N-methyl/N-ethyl adjacent to an activating group) is 1. The van der Waals surface area contributed by atoms with Crippen molar-refractivity contribution in [2.24, 2.45) is 0 Å². The topological polar surface area (TPSA) is 49.4 Å². The Hall–Kier alpha value is -0.500. The molecule has 0 bridgehead atoms. The summed E-state index contributed by atoms with van der Waals surface area (Å²) in [5.74, 6) is -0.484. The quantitative estimate of drug-likeness (QED) is 0.890. The summed E-state index contributed by atoms with van der Waals surface area (Å²) in [6.07, 6.45) is 0. The highest BCUT2D eigenvalue weighted by Gasteiger charge is 2.19. The van der Waals surface area contributed by atoms with Gasteiger partial charge in [-0.25, -0.2) is 17.5 Å². The standard InChI is InChI=1S/C11H16BrFN2O2S/c1-8(15(2)3)7-14-18(16,17)11-5-4-9(13)6-10(11)12/h4-6,8,14H,7H2,1-3H3. The first kappa shape index (κ1) is 15.6. The van der Waals surface area contributed by atoms with Gasteiger partial charge in [0.25, 0.3) is 0 Å². The monoisotopic (exact) mass is 338 g/mol. The van der Waals surface area contributed by atoms with Crippen molar-refractivity contribution in [3.8, 4) is 0 Å². The van der Waals surface area contributed by atoms with Crippen LogP contribution in [0.25, 0.3) is 0 Å². The molecular weight excluding hydrogens is 323 g/mol. The fraction of sp³-hybridized carbons (Fsp3) is 0.455. The predicted molar refractivity (Wildman–Crippen MR) is 72.4 cm³/mol. The zero-order valence-electron chi connectivity index (χ0n) is 10.4. The van der Waals surface area contributed by atoms with Crippen molar-refractivity contribution in [1.82, 2.24) is 9.62 Å². The van der Waals surface area contributed by atoms with Gasteiger partial charge in [-0.05, 0) is 55.1 Å². The van der Waals surface area contributed by atoms with Gasteiger partial charge in [-0.2, -0.15) is 0 Å². The predicted octanol–water partition coefficient (Wildman–Crippen LogP) is 1.82. The van der Waals surface area contributed by atoms with Crippen LogP contribution >= 0.6 is 15.9 Å². The third kappa shape index (κ3) is 4.01. The molecule has 0 aliphatic rings. The molecule has 1 aromatic carbocycles. The zero-order valence-corrected chi connectivity index (χ0v) is 12.8. The molecule has 0 aliphatic carbocycles. The van der Waals surface area contributed by atoms with Crippen LogP contribution < -0.4 is 4.72 Å². The Kier molecular flexibility index (Phi) is 5.27. The lowest BCUT2D eigenvalue weighted by Gasteiger charge is -2.20. The van der Waals surface area contributed by atoms with Crippen LogP contribution in [-0.4, -0.2) is 40.0 Å². The molecule has 18 heavy (non-hydrogen) atoms. The summed E-state index contributed by atoms with van der Waals surface area (Å²) in [4.78, 5) is 1.94. The Bertz CT molecular complexity index is 520. The Balaban J connectivity index is 2.87. The molecule has 0 spiro atoms. The van der Waals surface area contributed by atoms with Gasteiger partial charge in [-0.3, -0.25) is 0 Å². The molecule has 1 atom stereocenters. The number of benzene rings is 1. The van der Waals surface area contributed by atoms with E-state index in [1.165, 1.54) is 6.07 Å². The van der Waals surface area contributed by atoms with Gasteiger partial charge in [0.05, 0.1) is 4.90 Å². The Labute approximate surface area is 115 Å². The average molecular weight is 339 g/mol. The summed E-state index contributed by atoms with van der Waals surface area (Å²) in [5, 5.41) is 0. The summed E-state index contributed by atoms with van der Waals surface area (Å²) in [6, 6.07) is 3.56. The first-order valence-corrected chi connectivity index (χ1v) is 7.63. The third-order valence-electron chi connectivity index (χ3n) is 2.63. The van der Waals surface area contributed by atoms with Crippen molar-refractivity contribution in [2.75, 3.05) is 20.6 Å². The van der Waals surface area contributed by atoms with Crippen LogP contribution in [0, 0.1) is 5.82 Å². The van der Waals surface area contributed by atoms with E-state index in [2.05, 4.69) is 20.7 Å². The van der Waals surface area contributed by atoms with Gasteiger partial charge in [-0.1, -0.05) is 0 Å². The second-order valence-corrected chi connectivity index (χ2v) is 6.83. The summed E-state index contributed by atoms with van der Waals surface area (Å²) >= 11 is 3.05. The number of hydrogen-bond acceptors (Lipinski definition) is 3. The van der Waals surface area contributed by atoms with Crippen molar-refractivity contribution in [3.63, 3.8) is 0 Å². The highest BCUT2D eigenvalue weighted by atomic mass is 79.9. The van der Waals surface area contributed by atoms with E-state index in [0.717, 1.165) is 12.1 Å². The normalized spacial score (nSPS) is 13.9. The Morgan fingerprint density at radius 2 is 2.06 bits per heavy atom. The first-order valence-electron chi connectivity index (χ1n) is 5.35. The molecular formula is C11H16BrFN2O2S. The summed E-state index contributed by atoms with van der Waals surface area (Å²) in [5.41, 5.74) is 0. The van der Waals surface area contributed by atoms with Gasteiger partial charge < -0.3 is 4.90 Å². The molecule has 4 nitrogen and oxygen atoms in total. The Morgan fingerprint density at radius 1 is 1.44 bits per heavy atom. The minimum atomic E-state index is -3.63. The smallest absolute Gasteiger partial charge is 0.241 e. The number of hydrogen-bond donors (Lipinski definition) is 1. The van der Waals surface area contributed by atoms with Gasteiger partial charge in [0.15, 0.2) is 0 Å². The maximum absolute atomic E-state index is 12.9. The van der Waals surface area contributed by atoms with Gasteiger partial charge >= 0.3 is 0 Å². The van der Waals surface area contributed by atoms with Crippen molar-refractivity contribution >= 4 is 26.0 Å². The molecule has 1 N–H and O–H groups in total. The minimum absolute atomic E-state index is 0.0369. The van der Waals surface area contributed by atoms with E-state index in [1.54, 1.807) is 0 Å². The molecule has 102 valence electrons. The van der Waals surface area contributed by atoms with Crippen molar-refractivity contribution in [3.05, 3.63) is 28.5 Å². The lowest BCUT2D eigenvalue weighted by molar-refractivity contribution is 0.314. The van der Waals surface area contributed by atoms with E-state index in [4.69, 9.17) is 0 Å². The van der Waals surface area contributed by atoms with Crippen LogP contribution in [0.15, 0.2) is 27.6 Å². The van der Waals surface area contributed by atoms with Crippen LogP contribution in [0.2, 0.25) is 0 Å². The number of sulfonamides is 1. The molecule has 0 fully saturated rings. The summed E-state index contributed by atoms with van der Waals surface area (Å²) < 4.78 is 39.6. The summed E-state index contributed by atoms with van der Waals surface area (Å²) in [7, 11) is 0.109. The van der Waals surface area contributed by atoms with Crippen LogP contribution in [-0.2, 0) is 10.0 Å². The molecule has 0 saturated carbocycles. The second kappa shape index (κ2) is 6.10. The molecule has 0 aliphatic heterocycles. The van der Waals surface area contributed by atoms with Crippen LogP contribution in [0.1, 0.15) is 6.92 Å². The van der Waals surface area contributed by atoms with Gasteiger partial charge in [0.2, 0.25) is 10.0 Å². The third-order valence-corrected chi connectivity index (χ3v) is 5.03. The Morgan fingerprint density at radius 3 is 2.56 bits per heavy atom. The molecule has 1 rings (SSSR count). The average Bonchev–Trinajstić information content (AvgIpc) is 2.25. The molecule has 0 amide bonds. The van der Waals surface area contributed by atoms with Crippen molar-refractivity contribution in [1.29, 1.82) is 0 Å². The fourth-order valence-corrected chi connectivity index (χ4v) is 3.35. The fourth-order valence-electron chi connectivity index (χ4n) is 1.18. The molecule has 0 aromatic heterocycles. The maximum Gasteiger partial charge on any atom is 0.241 e. The van der Waals surface area contributed by atoms with E-state index in [9.17, 15) is 12.8 Å². The summed E-state index contributed by atoms with van der Waals surface area (Å²) in [6.45, 7) is 2.20. The molecule has 0 radical (unpaired) electrons. The van der Waals surface area contributed by atoms with E-state index in [0.29, 0.717) is 6.54 Å². The SMILES string of the molecule is CC(CNS(=O)(=O)c1ccc(F)cc1Br)N(C)C. The lowest BCUT2D eigenvalue weighted by atomic mass is 10.3. The van der Waals surface area contributed by atoms with Crippen LogP contribution in [0.3, 0.4) is 0 Å². The van der Waals surface area contributed by atoms with Crippen molar-refractivity contribution < 1.29 is 12.8 Å². The highest BCUT2D eigenvalue weighted by molar-refractivity contribution is 9.10. The van der Waals surface area contributed by atoms with Gasteiger partial charge in [0.1, 0.15) is 5.82 Å². The number of nitrogens with one attached hydrogen (secondary N) is 1. The molecule has 1 aromatic rings. The zero-order chi connectivity index (χ0) is 13.9. The minimum Gasteiger partial charge on any atom is -0.305 e. The molecule has 0 heterocycles.